The van der Waals surface area contributed by atoms with Crippen LogP contribution in [0.5, 0.6) is 0 Å². The fraction of sp³-hybridized carbons (Fsp3) is 0.643. The van der Waals surface area contributed by atoms with Crippen molar-refractivity contribution in [3.05, 3.63) is 29.8 Å². The van der Waals surface area contributed by atoms with E-state index in [9.17, 15) is 4.39 Å². The van der Waals surface area contributed by atoms with Crippen LogP contribution in [-0.2, 0) is 6.54 Å². The summed E-state index contributed by atoms with van der Waals surface area (Å²) in [6.07, 6.45) is 9.65. The van der Waals surface area contributed by atoms with Gasteiger partial charge in [-0.15, -0.1) is 0 Å². The molecule has 1 saturated carbocycles. The molecular weight excluding hydrogens is 215 g/mol. The maximum atomic E-state index is 12.9. The Balaban J connectivity index is 1.79. The minimum absolute atomic E-state index is 0.256. The van der Waals surface area contributed by atoms with Crippen LogP contribution in [0.15, 0.2) is 18.5 Å². The van der Waals surface area contributed by atoms with Gasteiger partial charge in [0.15, 0.2) is 0 Å². The zero-order valence-corrected chi connectivity index (χ0v) is 10.5. The second-order valence-electron chi connectivity index (χ2n) is 5.49. The van der Waals surface area contributed by atoms with Crippen molar-refractivity contribution in [2.45, 2.75) is 45.6 Å². The Morgan fingerprint density at radius 1 is 1.29 bits per heavy atom. The molecule has 0 spiro atoms. The number of nitrogens with zero attached hydrogens (tertiary/aromatic N) is 1. The molecule has 0 aromatic carbocycles. The summed E-state index contributed by atoms with van der Waals surface area (Å²) in [6, 6.07) is 1.54. The van der Waals surface area contributed by atoms with Gasteiger partial charge in [0.25, 0.3) is 0 Å². The van der Waals surface area contributed by atoms with Crippen LogP contribution in [0.1, 0.15) is 44.6 Å². The lowest BCUT2D eigenvalue weighted by Gasteiger charge is -2.33. The van der Waals surface area contributed by atoms with Crippen LogP contribution in [0.2, 0.25) is 0 Å². The van der Waals surface area contributed by atoms with Crippen molar-refractivity contribution in [1.82, 2.24) is 10.3 Å². The first-order chi connectivity index (χ1) is 8.18. The van der Waals surface area contributed by atoms with E-state index >= 15 is 0 Å². The normalized spacial score (nSPS) is 19.2. The van der Waals surface area contributed by atoms with Crippen LogP contribution in [-0.4, -0.2) is 11.5 Å². The second-order valence-corrected chi connectivity index (χ2v) is 5.49. The molecule has 17 heavy (non-hydrogen) atoms. The predicted octanol–water partition coefficient (Wildman–Crippen LogP) is 3.28. The number of hydrogen-bond acceptors (Lipinski definition) is 2. The third-order valence-corrected chi connectivity index (χ3v) is 3.70. The van der Waals surface area contributed by atoms with Crippen molar-refractivity contribution < 1.29 is 4.39 Å². The van der Waals surface area contributed by atoms with Gasteiger partial charge in [0.2, 0.25) is 0 Å². The minimum Gasteiger partial charge on any atom is -0.312 e. The summed E-state index contributed by atoms with van der Waals surface area (Å²) in [7, 11) is 0. The number of aromatic nitrogens is 1. The molecule has 0 bridgehead atoms. The van der Waals surface area contributed by atoms with Gasteiger partial charge in [-0.05, 0) is 29.9 Å². The monoisotopic (exact) mass is 236 g/mol. The summed E-state index contributed by atoms with van der Waals surface area (Å²) < 4.78 is 12.9. The van der Waals surface area contributed by atoms with Gasteiger partial charge >= 0.3 is 0 Å². The van der Waals surface area contributed by atoms with Gasteiger partial charge in [-0.25, -0.2) is 4.39 Å². The highest BCUT2D eigenvalue weighted by atomic mass is 19.1. The van der Waals surface area contributed by atoms with Gasteiger partial charge < -0.3 is 5.32 Å². The molecule has 2 nitrogen and oxygen atoms in total. The van der Waals surface area contributed by atoms with Crippen LogP contribution in [0, 0.1) is 11.2 Å². The SMILES string of the molecule is CC1(CNCc2cncc(F)c2)CCCCC1. The minimum atomic E-state index is -0.256. The lowest BCUT2D eigenvalue weighted by atomic mass is 9.76. The summed E-state index contributed by atoms with van der Waals surface area (Å²) in [4.78, 5) is 3.85. The summed E-state index contributed by atoms with van der Waals surface area (Å²) in [5.74, 6) is -0.256. The van der Waals surface area contributed by atoms with E-state index < -0.39 is 0 Å². The van der Waals surface area contributed by atoms with E-state index in [1.165, 1.54) is 38.3 Å². The van der Waals surface area contributed by atoms with E-state index in [1.807, 2.05) is 0 Å². The summed E-state index contributed by atoms with van der Waals surface area (Å²) in [6.45, 7) is 4.08. The lowest BCUT2D eigenvalue weighted by molar-refractivity contribution is 0.207. The Bertz CT molecular complexity index is 359. The molecule has 1 fully saturated rings. The Kier molecular flexibility index (Phi) is 4.11. The molecule has 2 rings (SSSR count). The molecule has 1 N–H and O–H groups in total. The number of halogens is 1. The van der Waals surface area contributed by atoms with E-state index in [-0.39, 0.29) is 5.82 Å². The highest BCUT2D eigenvalue weighted by molar-refractivity contribution is 5.09. The van der Waals surface area contributed by atoms with Gasteiger partial charge in [0.1, 0.15) is 5.82 Å². The average Bonchev–Trinajstić information content (AvgIpc) is 2.30. The highest BCUT2D eigenvalue weighted by Gasteiger charge is 2.25. The zero-order valence-electron chi connectivity index (χ0n) is 10.5. The first-order valence-electron chi connectivity index (χ1n) is 6.48. The topological polar surface area (TPSA) is 24.9 Å². The smallest absolute Gasteiger partial charge is 0.141 e. The summed E-state index contributed by atoms with van der Waals surface area (Å²) in [5, 5.41) is 3.43. The van der Waals surface area contributed by atoms with Crippen LogP contribution >= 0.6 is 0 Å². The van der Waals surface area contributed by atoms with Crippen LogP contribution in [0.3, 0.4) is 0 Å². The number of nitrogens with one attached hydrogen (secondary N) is 1. The lowest BCUT2D eigenvalue weighted by Crippen LogP contribution is -2.33. The molecule has 1 aromatic heterocycles. The molecular formula is C14H21FN2. The van der Waals surface area contributed by atoms with Gasteiger partial charge in [-0.1, -0.05) is 26.2 Å². The van der Waals surface area contributed by atoms with Crippen molar-refractivity contribution in [3.8, 4) is 0 Å². The average molecular weight is 236 g/mol. The molecule has 0 unspecified atom stereocenters. The van der Waals surface area contributed by atoms with Gasteiger partial charge in [-0.2, -0.15) is 0 Å². The molecule has 0 saturated heterocycles. The van der Waals surface area contributed by atoms with Gasteiger partial charge in [-0.3, -0.25) is 4.98 Å². The zero-order chi connectivity index (χ0) is 12.1. The molecule has 1 aromatic rings. The largest absolute Gasteiger partial charge is 0.312 e. The molecule has 0 radical (unpaired) electrons. The Labute approximate surface area is 103 Å². The first kappa shape index (κ1) is 12.5. The fourth-order valence-electron chi connectivity index (χ4n) is 2.64. The second kappa shape index (κ2) is 5.58. The molecule has 3 heteroatoms. The summed E-state index contributed by atoms with van der Waals surface area (Å²) >= 11 is 0. The Morgan fingerprint density at radius 3 is 2.76 bits per heavy atom. The highest BCUT2D eigenvalue weighted by Crippen LogP contribution is 2.34. The van der Waals surface area contributed by atoms with E-state index in [0.717, 1.165) is 12.1 Å². The van der Waals surface area contributed by atoms with Gasteiger partial charge in [0, 0.05) is 19.3 Å². The van der Waals surface area contributed by atoms with E-state index in [2.05, 4.69) is 17.2 Å². The Morgan fingerprint density at radius 2 is 2.06 bits per heavy atom. The van der Waals surface area contributed by atoms with Crippen molar-refractivity contribution in [2.24, 2.45) is 5.41 Å². The number of pyridine rings is 1. The fourth-order valence-corrected chi connectivity index (χ4v) is 2.64. The molecule has 1 aliphatic carbocycles. The molecule has 0 amide bonds. The van der Waals surface area contributed by atoms with Crippen molar-refractivity contribution in [3.63, 3.8) is 0 Å². The molecule has 94 valence electrons. The summed E-state index contributed by atoms with van der Waals surface area (Å²) in [5.41, 5.74) is 1.35. The van der Waals surface area contributed by atoms with Crippen LogP contribution in [0.4, 0.5) is 4.39 Å². The maximum absolute atomic E-state index is 12.9. The van der Waals surface area contributed by atoms with Crippen LogP contribution < -0.4 is 5.32 Å². The third-order valence-electron chi connectivity index (χ3n) is 3.70. The third kappa shape index (κ3) is 3.77. The first-order valence-corrected chi connectivity index (χ1v) is 6.48. The van der Waals surface area contributed by atoms with E-state index in [1.54, 1.807) is 12.3 Å². The molecule has 0 atom stereocenters. The predicted molar refractivity (Wildman–Crippen MR) is 67.1 cm³/mol. The van der Waals surface area contributed by atoms with Crippen molar-refractivity contribution >= 4 is 0 Å². The quantitative estimate of drug-likeness (QED) is 0.867. The van der Waals surface area contributed by atoms with E-state index in [0.29, 0.717) is 12.0 Å². The molecule has 1 heterocycles. The molecule has 0 aliphatic heterocycles. The number of rotatable bonds is 4. The standard InChI is InChI=1S/C14H21FN2/c1-14(5-3-2-4-6-14)11-17-9-12-7-13(15)10-16-8-12/h7-8,10,17H,2-6,9,11H2,1H3. The van der Waals surface area contributed by atoms with Crippen molar-refractivity contribution in [2.75, 3.05) is 6.54 Å². The molecule has 1 aliphatic rings. The van der Waals surface area contributed by atoms with Crippen LogP contribution in [0.25, 0.3) is 0 Å². The van der Waals surface area contributed by atoms with E-state index in [4.69, 9.17) is 0 Å². The number of hydrogen-bond donors (Lipinski definition) is 1. The maximum Gasteiger partial charge on any atom is 0.141 e. The van der Waals surface area contributed by atoms with Crippen molar-refractivity contribution in [1.29, 1.82) is 0 Å². The Hall–Kier alpha value is -0.960. The van der Waals surface area contributed by atoms with Gasteiger partial charge in [0.05, 0.1) is 6.20 Å².